The lowest BCUT2D eigenvalue weighted by Crippen LogP contribution is -2.15. The molecule has 1 amide bonds. The molecule has 2 aromatic heterocycles. The van der Waals surface area contributed by atoms with Crippen molar-refractivity contribution in [3.63, 3.8) is 0 Å². The number of aryl methyl sites for hydroxylation is 2. The Morgan fingerprint density at radius 2 is 2.03 bits per heavy atom. The molecule has 0 spiro atoms. The van der Waals surface area contributed by atoms with Crippen LogP contribution < -0.4 is 15.6 Å². The molecule has 4 rings (SSSR count). The quantitative estimate of drug-likeness (QED) is 0.625. The molecular weight excluding hydrogens is 382 g/mol. The van der Waals surface area contributed by atoms with Crippen LogP contribution in [0.2, 0.25) is 0 Å². The zero-order valence-corrected chi connectivity index (χ0v) is 17.4. The van der Waals surface area contributed by atoms with Crippen molar-refractivity contribution in [2.45, 2.75) is 59.0 Å². The third kappa shape index (κ3) is 4.72. The molecule has 0 saturated heterocycles. The summed E-state index contributed by atoms with van der Waals surface area (Å²) in [6.07, 6.45) is 6.58. The average molecular weight is 409 g/mol. The molecule has 1 saturated carbocycles. The second-order valence-electron chi connectivity index (χ2n) is 8.09. The number of nitrogens with zero attached hydrogens (tertiary/aromatic N) is 2. The number of rotatable bonds is 7. The molecule has 0 bridgehead atoms. The summed E-state index contributed by atoms with van der Waals surface area (Å²) in [5.74, 6) is 1.99. The summed E-state index contributed by atoms with van der Waals surface area (Å²) in [6.45, 7) is 3.85. The van der Waals surface area contributed by atoms with Gasteiger partial charge >= 0.3 is 0 Å². The zero-order chi connectivity index (χ0) is 21.1. The first-order valence-electron chi connectivity index (χ1n) is 10.5. The molecule has 1 N–H and O–H groups in total. The minimum Gasteiger partial charge on any atom is -0.487 e. The summed E-state index contributed by atoms with van der Waals surface area (Å²) < 4.78 is 12.4. The van der Waals surface area contributed by atoms with Crippen molar-refractivity contribution in [1.82, 2.24) is 9.56 Å². The Balaban J connectivity index is 1.39. The van der Waals surface area contributed by atoms with E-state index < -0.39 is 0 Å². The highest BCUT2D eigenvalue weighted by molar-refractivity contribution is 5.90. The minimum absolute atomic E-state index is 0.0344. The van der Waals surface area contributed by atoms with Crippen LogP contribution in [0.1, 0.15) is 55.5 Å². The molecule has 1 aromatic carbocycles. The van der Waals surface area contributed by atoms with E-state index >= 15 is 0 Å². The van der Waals surface area contributed by atoms with Gasteiger partial charge in [0.05, 0.1) is 5.69 Å². The lowest BCUT2D eigenvalue weighted by atomic mass is 10.0. The minimum atomic E-state index is -0.285. The summed E-state index contributed by atoms with van der Waals surface area (Å²) >= 11 is 0. The zero-order valence-electron chi connectivity index (χ0n) is 17.4. The van der Waals surface area contributed by atoms with Crippen LogP contribution in [-0.4, -0.2) is 15.5 Å². The van der Waals surface area contributed by atoms with E-state index in [1.165, 1.54) is 31.7 Å². The number of hydrogen-bond acceptors (Lipinski definition) is 5. The molecule has 1 aliphatic carbocycles. The summed E-state index contributed by atoms with van der Waals surface area (Å²) in [5.41, 5.74) is 2.34. The molecule has 30 heavy (non-hydrogen) atoms. The number of carbonyl (C=O) groups excluding carboxylic acids is 1. The van der Waals surface area contributed by atoms with Gasteiger partial charge in [0.2, 0.25) is 5.91 Å². The maximum absolute atomic E-state index is 12.3. The topological polar surface area (TPSA) is 85.8 Å². The Labute approximate surface area is 175 Å². The molecule has 0 atom stereocenters. The molecule has 1 aliphatic rings. The lowest BCUT2D eigenvalue weighted by Gasteiger charge is -2.12. The van der Waals surface area contributed by atoms with Crippen molar-refractivity contribution in [1.29, 1.82) is 0 Å². The van der Waals surface area contributed by atoms with E-state index in [-0.39, 0.29) is 18.1 Å². The maximum atomic E-state index is 12.3. The van der Waals surface area contributed by atoms with Crippen molar-refractivity contribution in [2.75, 3.05) is 5.32 Å². The highest BCUT2D eigenvalue weighted by atomic mass is 16.5. The van der Waals surface area contributed by atoms with Crippen molar-refractivity contribution in [3.05, 3.63) is 57.7 Å². The van der Waals surface area contributed by atoms with E-state index in [2.05, 4.69) is 10.3 Å². The Morgan fingerprint density at radius 3 is 2.83 bits per heavy atom. The second kappa shape index (κ2) is 8.73. The number of hydrogen-bond donors (Lipinski definition) is 1. The van der Waals surface area contributed by atoms with Gasteiger partial charge in [0.25, 0.3) is 5.56 Å². The SMILES string of the molecule is Cc1cc2nc(COc3cc(NC(=O)CCC4CCCC4)ccc3C)cc(=O)n2o1. The predicted molar refractivity (Wildman–Crippen MR) is 114 cm³/mol. The third-order valence-electron chi connectivity index (χ3n) is 5.63. The van der Waals surface area contributed by atoms with Crippen LogP contribution >= 0.6 is 0 Å². The first kappa shape index (κ1) is 20.2. The highest BCUT2D eigenvalue weighted by Crippen LogP contribution is 2.29. The Kier molecular flexibility index (Phi) is 5.88. The van der Waals surface area contributed by atoms with Gasteiger partial charge in [-0.05, 0) is 37.8 Å². The fraction of sp³-hybridized carbons (Fsp3) is 0.435. The molecule has 158 valence electrons. The number of ether oxygens (including phenoxy) is 1. The van der Waals surface area contributed by atoms with E-state index in [9.17, 15) is 9.59 Å². The van der Waals surface area contributed by atoms with E-state index in [1.54, 1.807) is 13.0 Å². The standard InChI is InChI=1S/C23H27N3O4/c1-15-7-9-18(25-22(27)10-8-17-5-3-4-6-17)12-20(15)29-14-19-13-23(28)26-21(24-19)11-16(2)30-26/h7,9,11-13,17H,3-6,8,10,14H2,1-2H3,(H,25,27). The van der Waals surface area contributed by atoms with Crippen molar-refractivity contribution < 1.29 is 14.1 Å². The maximum Gasteiger partial charge on any atom is 0.287 e. The van der Waals surface area contributed by atoms with Crippen LogP contribution in [0.25, 0.3) is 5.65 Å². The smallest absolute Gasteiger partial charge is 0.287 e. The van der Waals surface area contributed by atoms with E-state index in [1.807, 2.05) is 25.1 Å². The van der Waals surface area contributed by atoms with Gasteiger partial charge < -0.3 is 14.6 Å². The number of amides is 1. The first-order chi connectivity index (χ1) is 14.5. The third-order valence-corrected chi connectivity index (χ3v) is 5.63. The molecule has 3 aromatic rings. The largest absolute Gasteiger partial charge is 0.487 e. The van der Waals surface area contributed by atoms with Gasteiger partial charge in [-0.1, -0.05) is 31.7 Å². The van der Waals surface area contributed by atoms with Crippen LogP contribution in [-0.2, 0) is 11.4 Å². The molecule has 7 nitrogen and oxygen atoms in total. The van der Waals surface area contributed by atoms with Gasteiger partial charge in [0.1, 0.15) is 18.1 Å². The summed E-state index contributed by atoms with van der Waals surface area (Å²) in [4.78, 5) is 28.9. The molecule has 1 fully saturated rings. The number of anilines is 1. The Hall–Kier alpha value is -3.09. The van der Waals surface area contributed by atoms with Gasteiger partial charge in [0, 0.05) is 30.3 Å². The van der Waals surface area contributed by atoms with Crippen LogP contribution in [0.5, 0.6) is 5.75 Å². The van der Waals surface area contributed by atoms with E-state index in [4.69, 9.17) is 9.26 Å². The van der Waals surface area contributed by atoms with E-state index in [0.717, 1.165) is 16.6 Å². The summed E-state index contributed by atoms with van der Waals surface area (Å²) in [5, 5.41) is 2.97. The second-order valence-corrected chi connectivity index (χ2v) is 8.09. The van der Waals surface area contributed by atoms with Gasteiger partial charge in [-0.15, -0.1) is 4.57 Å². The monoisotopic (exact) mass is 409 g/mol. The normalized spacial score (nSPS) is 14.3. The number of aromatic nitrogens is 2. The Bertz CT molecular complexity index is 1110. The van der Waals surface area contributed by atoms with Crippen molar-refractivity contribution in [2.24, 2.45) is 5.92 Å². The average Bonchev–Trinajstić information content (AvgIpc) is 3.36. The molecule has 7 heteroatoms. The van der Waals surface area contributed by atoms with Crippen LogP contribution in [0, 0.1) is 19.8 Å². The fourth-order valence-corrected chi connectivity index (χ4v) is 3.99. The van der Waals surface area contributed by atoms with Gasteiger partial charge in [-0.3, -0.25) is 9.59 Å². The predicted octanol–water partition coefficient (Wildman–Crippen LogP) is 4.39. The molecule has 0 unspecified atom stereocenters. The van der Waals surface area contributed by atoms with Gasteiger partial charge in [-0.2, -0.15) is 0 Å². The van der Waals surface area contributed by atoms with Crippen molar-refractivity contribution >= 4 is 17.2 Å². The van der Waals surface area contributed by atoms with Gasteiger partial charge in [-0.25, -0.2) is 4.98 Å². The van der Waals surface area contributed by atoms with Crippen LogP contribution in [0.3, 0.4) is 0 Å². The highest BCUT2D eigenvalue weighted by Gasteiger charge is 2.16. The summed E-state index contributed by atoms with van der Waals surface area (Å²) in [6, 6.07) is 8.71. The molecule has 2 heterocycles. The Morgan fingerprint density at radius 1 is 1.23 bits per heavy atom. The molecule has 0 radical (unpaired) electrons. The first-order valence-corrected chi connectivity index (χ1v) is 10.5. The van der Waals surface area contributed by atoms with E-state index in [0.29, 0.717) is 40.9 Å². The number of carbonyl (C=O) groups is 1. The molecule has 0 aliphatic heterocycles. The number of fused-ring (bicyclic) bond motifs is 1. The summed E-state index contributed by atoms with van der Waals surface area (Å²) in [7, 11) is 0. The number of nitrogens with one attached hydrogen (secondary N) is 1. The van der Waals surface area contributed by atoms with Crippen molar-refractivity contribution in [3.8, 4) is 5.75 Å². The molecular formula is C23H27N3O4. The van der Waals surface area contributed by atoms with Crippen LogP contribution in [0.15, 0.2) is 39.6 Å². The fourth-order valence-electron chi connectivity index (χ4n) is 3.99. The number of benzene rings is 1. The van der Waals surface area contributed by atoms with Gasteiger partial charge in [0.15, 0.2) is 5.65 Å². The van der Waals surface area contributed by atoms with Crippen LogP contribution in [0.4, 0.5) is 5.69 Å². The lowest BCUT2D eigenvalue weighted by molar-refractivity contribution is -0.116.